The molecular weight excluding hydrogens is 362 g/mol. The van der Waals surface area contributed by atoms with Crippen LogP contribution in [0.15, 0.2) is 48.0 Å². The summed E-state index contributed by atoms with van der Waals surface area (Å²) in [5.41, 5.74) is 1.33. The van der Waals surface area contributed by atoms with Gasteiger partial charge in [0.25, 0.3) is 0 Å². The molecule has 3 atom stereocenters. The number of ether oxygens (including phenoxy) is 1. The molecule has 6 nitrogen and oxygen atoms in total. The second-order valence-corrected chi connectivity index (χ2v) is 7.99. The fourth-order valence-corrected chi connectivity index (χ4v) is 3.98. The molecule has 1 aliphatic rings. The molecule has 2 aromatic rings. The Kier molecular flexibility index (Phi) is 7.55. The Morgan fingerprint density at radius 3 is 2.79 bits per heavy atom. The van der Waals surface area contributed by atoms with Crippen molar-refractivity contribution in [3.63, 3.8) is 0 Å². The van der Waals surface area contributed by atoms with Gasteiger partial charge in [0.15, 0.2) is 5.96 Å². The van der Waals surface area contributed by atoms with Gasteiger partial charge in [-0.2, -0.15) is 0 Å². The number of nitrogens with zero attached hydrogens (tertiary/aromatic N) is 4. The second kappa shape index (κ2) is 10.3. The molecule has 3 unspecified atom stereocenters. The highest BCUT2D eigenvalue weighted by molar-refractivity contribution is 5.80. The third-order valence-corrected chi connectivity index (χ3v) is 5.97. The van der Waals surface area contributed by atoms with Crippen LogP contribution in [-0.2, 0) is 0 Å². The lowest BCUT2D eigenvalue weighted by Gasteiger charge is -2.39. The smallest absolute Gasteiger partial charge is 0.193 e. The molecule has 1 fully saturated rings. The molecule has 29 heavy (non-hydrogen) atoms. The third-order valence-electron chi connectivity index (χ3n) is 5.97. The molecule has 158 valence electrons. The number of nitrogens with one attached hydrogen (secondary N) is 1. The van der Waals surface area contributed by atoms with Crippen molar-refractivity contribution in [1.29, 1.82) is 0 Å². The van der Waals surface area contributed by atoms with Crippen LogP contribution in [0, 0.1) is 5.92 Å². The number of rotatable bonds is 7. The summed E-state index contributed by atoms with van der Waals surface area (Å²) in [6.07, 6.45) is 8.06. The summed E-state index contributed by atoms with van der Waals surface area (Å²) in [4.78, 5) is 11.6. The highest BCUT2D eigenvalue weighted by atomic mass is 16.5. The van der Waals surface area contributed by atoms with Crippen LogP contribution in [0.5, 0.6) is 5.75 Å². The summed E-state index contributed by atoms with van der Waals surface area (Å²) < 4.78 is 7.50. The van der Waals surface area contributed by atoms with Gasteiger partial charge < -0.3 is 19.5 Å². The molecule has 6 heteroatoms. The van der Waals surface area contributed by atoms with Crippen molar-refractivity contribution < 1.29 is 4.74 Å². The fraction of sp³-hybridized carbons (Fsp3) is 0.565. The molecule has 0 saturated carbocycles. The van der Waals surface area contributed by atoms with Crippen LogP contribution in [0.3, 0.4) is 0 Å². The number of piperidine rings is 1. The average Bonchev–Trinajstić information content (AvgIpc) is 3.28. The van der Waals surface area contributed by atoms with E-state index in [9.17, 15) is 0 Å². The number of benzene rings is 1. The lowest BCUT2D eigenvalue weighted by Crippen LogP contribution is -2.49. The summed E-state index contributed by atoms with van der Waals surface area (Å²) in [6, 6.07) is 8.81. The number of guanidine groups is 1. The predicted molar refractivity (Wildman–Crippen MR) is 119 cm³/mol. The van der Waals surface area contributed by atoms with E-state index in [2.05, 4.69) is 58.9 Å². The molecule has 0 aliphatic carbocycles. The first-order valence-corrected chi connectivity index (χ1v) is 10.8. The lowest BCUT2D eigenvalue weighted by atomic mass is 9.93. The Hall–Kier alpha value is -2.50. The normalized spacial score (nSPS) is 21.1. The number of aliphatic imine (C=N–C) groups is 1. The van der Waals surface area contributed by atoms with Gasteiger partial charge in [0.05, 0.1) is 19.5 Å². The van der Waals surface area contributed by atoms with Crippen LogP contribution < -0.4 is 10.1 Å². The van der Waals surface area contributed by atoms with Crippen LogP contribution in [0.2, 0.25) is 0 Å². The summed E-state index contributed by atoms with van der Waals surface area (Å²) in [6.45, 7) is 10.5. The number of likely N-dealkylation sites (tertiary alicyclic amines) is 1. The van der Waals surface area contributed by atoms with Gasteiger partial charge in [0.1, 0.15) is 5.75 Å². The van der Waals surface area contributed by atoms with Crippen LogP contribution in [0.1, 0.15) is 51.1 Å². The Balaban J connectivity index is 1.61. The maximum Gasteiger partial charge on any atom is 0.193 e. The molecule has 0 amide bonds. The van der Waals surface area contributed by atoms with Crippen LogP contribution in [0.25, 0.3) is 0 Å². The number of imidazole rings is 1. The summed E-state index contributed by atoms with van der Waals surface area (Å²) in [5, 5.41) is 3.50. The van der Waals surface area contributed by atoms with Crippen LogP contribution in [-0.4, -0.2) is 53.7 Å². The summed E-state index contributed by atoms with van der Waals surface area (Å²) in [7, 11) is 1.70. The van der Waals surface area contributed by atoms with Crippen molar-refractivity contribution in [3.05, 3.63) is 48.5 Å². The largest absolute Gasteiger partial charge is 0.497 e. The van der Waals surface area contributed by atoms with Crippen molar-refractivity contribution in [2.24, 2.45) is 10.9 Å². The first kappa shape index (κ1) is 21.2. The van der Waals surface area contributed by atoms with Crippen LogP contribution >= 0.6 is 0 Å². The number of aromatic nitrogens is 2. The Morgan fingerprint density at radius 2 is 2.14 bits per heavy atom. The second-order valence-electron chi connectivity index (χ2n) is 7.99. The van der Waals surface area contributed by atoms with E-state index in [0.717, 1.165) is 50.7 Å². The van der Waals surface area contributed by atoms with Crippen LogP contribution in [0.4, 0.5) is 0 Å². The highest BCUT2D eigenvalue weighted by Crippen LogP contribution is 2.27. The average molecular weight is 398 g/mol. The minimum atomic E-state index is 0.438. The molecule has 0 radical (unpaired) electrons. The Bertz CT molecular complexity index is 756. The SMILES string of the molecule is CCNC(=NCCC(C)c1ccc(OC)cc1)N1CCC(C)C(n2ccnc2)C1. The van der Waals surface area contributed by atoms with E-state index in [0.29, 0.717) is 17.9 Å². The zero-order valence-electron chi connectivity index (χ0n) is 18.2. The quantitative estimate of drug-likeness (QED) is 0.568. The van der Waals surface area contributed by atoms with Crippen molar-refractivity contribution in [2.75, 3.05) is 33.3 Å². The number of hydrogen-bond donors (Lipinski definition) is 1. The monoisotopic (exact) mass is 397 g/mol. The summed E-state index contributed by atoms with van der Waals surface area (Å²) >= 11 is 0. The standard InChI is InChI=1S/C23H35N5O/c1-5-25-23(26-12-10-18(2)20-6-8-21(29-4)9-7-20)27-14-11-19(3)22(16-27)28-15-13-24-17-28/h6-9,13,15,17-19,22H,5,10-12,14,16H2,1-4H3,(H,25,26). The van der Waals surface area contributed by atoms with Gasteiger partial charge in [-0.25, -0.2) is 4.98 Å². The minimum Gasteiger partial charge on any atom is -0.497 e. The number of hydrogen-bond acceptors (Lipinski definition) is 3. The Labute approximate surface area is 175 Å². The first-order valence-electron chi connectivity index (χ1n) is 10.8. The van der Waals surface area contributed by atoms with Gasteiger partial charge in [0, 0.05) is 38.6 Å². The van der Waals surface area contributed by atoms with E-state index < -0.39 is 0 Å². The van der Waals surface area contributed by atoms with Gasteiger partial charge in [-0.15, -0.1) is 0 Å². The van der Waals surface area contributed by atoms with Crippen molar-refractivity contribution in [2.45, 2.75) is 45.6 Å². The zero-order valence-corrected chi connectivity index (χ0v) is 18.2. The van der Waals surface area contributed by atoms with E-state index >= 15 is 0 Å². The molecule has 0 spiro atoms. The maximum absolute atomic E-state index is 5.26. The van der Waals surface area contributed by atoms with E-state index in [1.807, 2.05) is 24.7 Å². The van der Waals surface area contributed by atoms with Gasteiger partial charge >= 0.3 is 0 Å². The van der Waals surface area contributed by atoms with Crippen molar-refractivity contribution in [3.8, 4) is 5.75 Å². The van der Waals surface area contributed by atoms with Gasteiger partial charge in [0.2, 0.25) is 0 Å². The molecular formula is C23H35N5O. The molecule has 0 bridgehead atoms. The maximum atomic E-state index is 5.26. The number of methoxy groups -OCH3 is 1. The molecule has 1 aromatic heterocycles. The molecule has 1 aromatic carbocycles. The predicted octanol–water partition coefficient (Wildman–Crippen LogP) is 3.93. The van der Waals surface area contributed by atoms with Gasteiger partial charge in [-0.3, -0.25) is 4.99 Å². The zero-order chi connectivity index (χ0) is 20.6. The van der Waals surface area contributed by atoms with E-state index in [1.54, 1.807) is 7.11 Å². The summed E-state index contributed by atoms with van der Waals surface area (Å²) in [5.74, 6) is 3.04. The van der Waals surface area contributed by atoms with Crippen molar-refractivity contribution in [1.82, 2.24) is 19.8 Å². The Morgan fingerprint density at radius 1 is 1.34 bits per heavy atom. The molecule has 2 heterocycles. The molecule has 3 rings (SSSR count). The van der Waals surface area contributed by atoms with E-state index in [4.69, 9.17) is 9.73 Å². The van der Waals surface area contributed by atoms with Gasteiger partial charge in [-0.1, -0.05) is 26.0 Å². The van der Waals surface area contributed by atoms with Crippen molar-refractivity contribution >= 4 is 5.96 Å². The topological polar surface area (TPSA) is 54.7 Å². The molecule has 1 aliphatic heterocycles. The lowest BCUT2D eigenvalue weighted by molar-refractivity contribution is 0.189. The minimum absolute atomic E-state index is 0.438. The highest BCUT2D eigenvalue weighted by Gasteiger charge is 2.28. The van der Waals surface area contributed by atoms with E-state index in [-0.39, 0.29) is 0 Å². The van der Waals surface area contributed by atoms with E-state index in [1.165, 1.54) is 5.56 Å². The molecule has 1 N–H and O–H groups in total. The molecule has 1 saturated heterocycles. The van der Waals surface area contributed by atoms with Gasteiger partial charge in [-0.05, 0) is 49.3 Å². The third kappa shape index (κ3) is 5.52. The fourth-order valence-electron chi connectivity index (χ4n) is 3.98. The first-order chi connectivity index (χ1) is 14.1.